The van der Waals surface area contributed by atoms with Crippen LogP contribution in [0.3, 0.4) is 0 Å². The number of rotatable bonds is 8. The van der Waals surface area contributed by atoms with Gasteiger partial charge in [0.1, 0.15) is 4.83 Å². The fourth-order valence-electron chi connectivity index (χ4n) is 2.38. The fraction of sp³-hybridized carbons (Fsp3) is 0.529. The van der Waals surface area contributed by atoms with Crippen molar-refractivity contribution in [3.63, 3.8) is 0 Å². The maximum atomic E-state index is 12.9. The Bertz CT molecular complexity index is 898. The smallest absolute Gasteiger partial charge is 0.263 e. The highest BCUT2D eigenvalue weighted by Crippen LogP contribution is 2.28. The Morgan fingerprint density at radius 3 is 2.85 bits per heavy atom. The van der Waals surface area contributed by atoms with Crippen molar-refractivity contribution >= 4 is 39.2 Å². The predicted molar refractivity (Wildman–Crippen MR) is 104 cm³/mol. The zero-order chi connectivity index (χ0) is 19.3. The molecule has 7 nitrogen and oxygen atoms in total. The molecule has 26 heavy (non-hydrogen) atoms. The van der Waals surface area contributed by atoms with Crippen molar-refractivity contribution in [3.8, 4) is 6.07 Å². The lowest BCUT2D eigenvalue weighted by Gasteiger charge is -2.16. The number of hydrogen-bond acceptors (Lipinski definition) is 7. The van der Waals surface area contributed by atoms with Gasteiger partial charge in [0.05, 0.1) is 36.8 Å². The van der Waals surface area contributed by atoms with Crippen LogP contribution in [0.2, 0.25) is 0 Å². The van der Waals surface area contributed by atoms with E-state index in [1.807, 2.05) is 19.9 Å². The van der Waals surface area contributed by atoms with Crippen LogP contribution >= 0.6 is 23.1 Å². The summed E-state index contributed by atoms with van der Waals surface area (Å²) in [5.74, 6) is 0.0624. The molecule has 140 valence electrons. The number of aryl methyl sites for hydroxylation is 2. The van der Waals surface area contributed by atoms with Gasteiger partial charge in [-0.3, -0.25) is 14.2 Å². The molecule has 2 rings (SSSR count). The van der Waals surface area contributed by atoms with Crippen LogP contribution in [-0.4, -0.2) is 53.4 Å². The number of aromatic nitrogens is 2. The Labute approximate surface area is 160 Å². The van der Waals surface area contributed by atoms with Crippen molar-refractivity contribution in [2.75, 3.05) is 33.1 Å². The zero-order valence-corrected chi connectivity index (χ0v) is 17.0. The van der Waals surface area contributed by atoms with Gasteiger partial charge in [-0.25, -0.2) is 4.98 Å². The minimum absolute atomic E-state index is 0.0957. The van der Waals surface area contributed by atoms with E-state index in [4.69, 9.17) is 10.00 Å². The lowest BCUT2D eigenvalue weighted by Crippen LogP contribution is -2.30. The molecule has 0 spiro atoms. The van der Waals surface area contributed by atoms with E-state index in [0.29, 0.717) is 41.5 Å². The molecule has 2 aromatic heterocycles. The highest BCUT2D eigenvalue weighted by atomic mass is 32.2. The third-order valence-corrected chi connectivity index (χ3v) is 6.14. The molecule has 2 heterocycles. The normalized spacial score (nSPS) is 10.9. The molecular weight excluding hydrogens is 372 g/mol. The van der Waals surface area contributed by atoms with E-state index in [-0.39, 0.29) is 17.2 Å². The Kier molecular flexibility index (Phi) is 7.20. The van der Waals surface area contributed by atoms with Gasteiger partial charge in [0.15, 0.2) is 5.16 Å². The van der Waals surface area contributed by atoms with Crippen molar-refractivity contribution in [1.82, 2.24) is 14.5 Å². The fourth-order valence-corrected chi connectivity index (χ4v) is 4.41. The molecule has 0 aromatic carbocycles. The largest absolute Gasteiger partial charge is 0.383 e. The molecular formula is C17H22N4O3S2. The number of thiophene rings is 1. The average molecular weight is 395 g/mol. The first-order valence-corrected chi connectivity index (χ1v) is 9.94. The third-order valence-electron chi connectivity index (χ3n) is 4.08. The van der Waals surface area contributed by atoms with Crippen LogP contribution in [0.5, 0.6) is 0 Å². The Morgan fingerprint density at radius 2 is 2.19 bits per heavy atom. The quantitative estimate of drug-likeness (QED) is 0.504. The predicted octanol–water partition coefficient (Wildman–Crippen LogP) is 2.19. The molecule has 0 unspecified atom stereocenters. The summed E-state index contributed by atoms with van der Waals surface area (Å²) in [5, 5.41) is 9.79. The van der Waals surface area contributed by atoms with Gasteiger partial charge in [-0.2, -0.15) is 5.26 Å². The van der Waals surface area contributed by atoms with Crippen LogP contribution in [0.4, 0.5) is 0 Å². The summed E-state index contributed by atoms with van der Waals surface area (Å²) in [4.78, 5) is 33.1. The Hall–Kier alpha value is -1.89. The summed E-state index contributed by atoms with van der Waals surface area (Å²) < 4.78 is 6.69. The van der Waals surface area contributed by atoms with Gasteiger partial charge in [0, 0.05) is 25.6 Å². The van der Waals surface area contributed by atoms with E-state index in [9.17, 15) is 9.59 Å². The molecule has 9 heteroatoms. The Morgan fingerprint density at radius 1 is 1.46 bits per heavy atom. The maximum Gasteiger partial charge on any atom is 0.263 e. The second-order valence-corrected chi connectivity index (χ2v) is 7.97. The molecule has 0 N–H and O–H groups in total. The second kappa shape index (κ2) is 9.16. The van der Waals surface area contributed by atoms with Gasteiger partial charge in [0.25, 0.3) is 5.56 Å². The number of thioether (sulfide) groups is 1. The summed E-state index contributed by atoms with van der Waals surface area (Å²) in [5.41, 5.74) is 0.860. The topological polar surface area (TPSA) is 88.2 Å². The van der Waals surface area contributed by atoms with Crippen LogP contribution in [0.1, 0.15) is 16.9 Å². The van der Waals surface area contributed by atoms with Crippen molar-refractivity contribution in [3.05, 3.63) is 20.8 Å². The summed E-state index contributed by atoms with van der Waals surface area (Å²) in [6, 6.07) is 2.02. The third kappa shape index (κ3) is 4.44. The molecule has 0 bridgehead atoms. The lowest BCUT2D eigenvalue weighted by atomic mass is 10.2. The van der Waals surface area contributed by atoms with Gasteiger partial charge < -0.3 is 9.64 Å². The van der Waals surface area contributed by atoms with Crippen LogP contribution < -0.4 is 5.56 Å². The van der Waals surface area contributed by atoms with Gasteiger partial charge in [-0.15, -0.1) is 11.3 Å². The maximum absolute atomic E-state index is 12.9. The average Bonchev–Trinajstić information content (AvgIpc) is 2.91. The number of nitrogens with zero attached hydrogens (tertiary/aromatic N) is 4. The molecule has 0 atom stereocenters. The van der Waals surface area contributed by atoms with E-state index in [1.54, 1.807) is 18.7 Å². The first-order valence-electron chi connectivity index (χ1n) is 8.13. The van der Waals surface area contributed by atoms with Crippen molar-refractivity contribution in [2.45, 2.75) is 32.0 Å². The van der Waals surface area contributed by atoms with E-state index in [0.717, 1.165) is 10.4 Å². The standard InChI is InChI=1S/C17H22N4O3S2/c1-11-12(2)26-15-14(11)16(23)21(8-9-24-4)17(19-15)25-10-13(22)20(3)7-5-6-18/h5,7-10H2,1-4H3. The molecule has 0 fully saturated rings. The van der Waals surface area contributed by atoms with Crippen LogP contribution in [-0.2, 0) is 16.1 Å². The van der Waals surface area contributed by atoms with Gasteiger partial charge in [-0.1, -0.05) is 11.8 Å². The molecule has 0 aliphatic rings. The van der Waals surface area contributed by atoms with E-state index in [2.05, 4.69) is 4.98 Å². The monoisotopic (exact) mass is 394 g/mol. The lowest BCUT2D eigenvalue weighted by molar-refractivity contribution is -0.127. The summed E-state index contributed by atoms with van der Waals surface area (Å²) in [6.45, 7) is 5.06. The molecule has 0 aliphatic heterocycles. The molecule has 0 radical (unpaired) electrons. The number of nitriles is 1. The van der Waals surface area contributed by atoms with E-state index >= 15 is 0 Å². The van der Waals surface area contributed by atoms with Gasteiger partial charge in [-0.05, 0) is 19.4 Å². The summed E-state index contributed by atoms with van der Waals surface area (Å²) in [7, 11) is 3.25. The van der Waals surface area contributed by atoms with E-state index in [1.165, 1.54) is 28.0 Å². The molecule has 0 aliphatic carbocycles. The SMILES string of the molecule is COCCn1c(SCC(=O)N(C)CCC#N)nc2sc(C)c(C)c2c1=O. The number of carbonyl (C=O) groups excluding carboxylic acids is 1. The van der Waals surface area contributed by atoms with Crippen molar-refractivity contribution < 1.29 is 9.53 Å². The first-order chi connectivity index (χ1) is 12.4. The molecule has 1 amide bonds. The Balaban J connectivity index is 2.31. The summed E-state index contributed by atoms with van der Waals surface area (Å²) in [6.07, 6.45) is 0.295. The van der Waals surface area contributed by atoms with Crippen LogP contribution in [0.15, 0.2) is 9.95 Å². The number of hydrogen-bond donors (Lipinski definition) is 0. The number of fused-ring (bicyclic) bond motifs is 1. The van der Waals surface area contributed by atoms with E-state index < -0.39 is 0 Å². The molecule has 2 aromatic rings. The number of carbonyl (C=O) groups is 1. The number of methoxy groups -OCH3 is 1. The van der Waals surface area contributed by atoms with Gasteiger partial charge >= 0.3 is 0 Å². The minimum Gasteiger partial charge on any atom is -0.383 e. The van der Waals surface area contributed by atoms with Crippen LogP contribution in [0.25, 0.3) is 10.2 Å². The minimum atomic E-state index is -0.101. The zero-order valence-electron chi connectivity index (χ0n) is 15.4. The number of ether oxygens (including phenoxy) is 1. The van der Waals surface area contributed by atoms with Crippen LogP contribution in [0, 0.1) is 25.2 Å². The highest BCUT2D eigenvalue weighted by molar-refractivity contribution is 7.99. The van der Waals surface area contributed by atoms with Crippen molar-refractivity contribution in [2.24, 2.45) is 0 Å². The van der Waals surface area contributed by atoms with Gasteiger partial charge in [0.2, 0.25) is 5.91 Å². The van der Waals surface area contributed by atoms with Crippen molar-refractivity contribution in [1.29, 1.82) is 5.26 Å². The second-order valence-electron chi connectivity index (χ2n) is 5.82. The first kappa shape index (κ1) is 20.4. The summed E-state index contributed by atoms with van der Waals surface area (Å²) >= 11 is 2.73. The number of amides is 1. The molecule has 0 saturated carbocycles. The highest BCUT2D eigenvalue weighted by Gasteiger charge is 2.18. The molecule has 0 saturated heterocycles.